The third kappa shape index (κ3) is 2.64. The molecule has 1 N–H and O–H groups in total. The number of carbonyl (C=O) groups excluding carboxylic acids is 1. The number of benzene rings is 1. The Bertz CT molecular complexity index is 402. The topological polar surface area (TPSA) is 32.3 Å². The molecule has 2 rings (SSSR count). The molecule has 4 heteroatoms. The molecule has 0 spiro atoms. The Hall–Kier alpha value is -1.00. The van der Waals surface area contributed by atoms with Crippen LogP contribution in [0, 0.1) is 0 Å². The maximum Gasteiger partial charge on any atom is 0.255 e. The molecule has 1 atom stereocenters. The molecule has 1 aromatic rings. The van der Waals surface area contributed by atoms with Crippen LogP contribution in [0.5, 0.6) is 0 Å². The molecule has 0 aromatic heterocycles. The number of nitrogens with zero attached hydrogens (tertiary/aromatic N) is 1. The fourth-order valence-corrected chi connectivity index (χ4v) is 2.74. The van der Waals surface area contributed by atoms with Gasteiger partial charge in [-0.2, -0.15) is 0 Å². The van der Waals surface area contributed by atoms with E-state index in [2.05, 4.69) is 5.32 Å². The van der Waals surface area contributed by atoms with E-state index in [9.17, 15) is 4.79 Å². The van der Waals surface area contributed by atoms with Crippen molar-refractivity contribution >= 4 is 17.7 Å². The molecular formula is C13H18N2OS. The van der Waals surface area contributed by atoms with Crippen molar-refractivity contribution in [3.63, 3.8) is 0 Å². The molecule has 1 saturated heterocycles. The van der Waals surface area contributed by atoms with Gasteiger partial charge in [-0.25, -0.2) is 0 Å². The van der Waals surface area contributed by atoms with Crippen LogP contribution in [-0.4, -0.2) is 43.2 Å². The largest absolute Gasteiger partial charge is 0.337 e. The van der Waals surface area contributed by atoms with Crippen LogP contribution in [0.2, 0.25) is 0 Å². The molecular weight excluding hydrogens is 232 g/mol. The summed E-state index contributed by atoms with van der Waals surface area (Å²) in [6.07, 6.45) is 3.05. The quantitative estimate of drug-likeness (QED) is 0.831. The summed E-state index contributed by atoms with van der Waals surface area (Å²) < 4.78 is 0. The van der Waals surface area contributed by atoms with Crippen LogP contribution < -0.4 is 5.32 Å². The summed E-state index contributed by atoms with van der Waals surface area (Å²) in [7, 11) is 1.90. The predicted molar refractivity (Wildman–Crippen MR) is 71.6 cm³/mol. The van der Waals surface area contributed by atoms with Gasteiger partial charge in [0.15, 0.2) is 0 Å². The van der Waals surface area contributed by atoms with Gasteiger partial charge in [-0.15, -0.1) is 11.8 Å². The number of thioether (sulfide) groups is 1. The normalized spacial score (nSPS) is 19.3. The highest BCUT2D eigenvalue weighted by Crippen LogP contribution is 2.22. The summed E-state index contributed by atoms with van der Waals surface area (Å²) in [6.45, 7) is 1.91. The fourth-order valence-electron chi connectivity index (χ4n) is 2.15. The number of hydrogen-bond donors (Lipinski definition) is 1. The first-order chi connectivity index (χ1) is 8.24. The van der Waals surface area contributed by atoms with Gasteiger partial charge >= 0.3 is 0 Å². The zero-order chi connectivity index (χ0) is 12.3. The van der Waals surface area contributed by atoms with Crippen LogP contribution in [-0.2, 0) is 0 Å². The minimum atomic E-state index is 0.128. The first-order valence-corrected chi connectivity index (χ1v) is 7.07. The van der Waals surface area contributed by atoms with E-state index in [1.807, 2.05) is 42.5 Å². The lowest BCUT2D eigenvalue weighted by atomic mass is 10.1. The third-order valence-corrected chi connectivity index (χ3v) is 4.04. The number of nitrogens with one attached hydrogen (secondary N) is 1. The summed E-state index contributed by atoms with van der Waals surface area (Å²) in [5, 5.41) is 3.29. The van der Waals surface area contributed by atoms with Gasteiger partial charge in [0.25, 0.3) is 5.91 Å². The lowest BCUT2D eigenvalue weighted by Crippen LogP contribution is -2.38. The van der Waals surface area contributed by atoms with Gasteiger partial charge < -0.3 is 10.2 Å². The molecule has 0 aliphatic carbocycles. The monoisotopic (exact) mass is 250 g/mol. The first kappa shape index (κ1) is 12.5. The van der Waals surface area contributed by atoms with E-state index in [1.54, 1.807) is 11.8 Å². The van der Waals surface area contributed by atoms with Crippen LogP contribution in [0.3, 0.4) is 0 Å². The van der Waals surface area contributed by atoms with Gasteiger partial charge in [0.2, 0.25) is 0 Å². The molecule has 0 bridgehead atoms. The van der Waals surface area contributed by atoms with Crippen molar-refractivity contribution in [1.82, 2.24) is 10.2 Å². The van der Waals surface area contributed by atoms with Gasteiger partial charge in [0.05, 0.1) is 5.56 Å². The molecule has 1 fully saturated rings. The van der Waals surface area contributed by atoms with Crippen LogP contribution >= 0.6 is 11.8 Å². The Morgan fingerprint density at radius 1 is 1.47 bits per heavy atom. The molecule has 1 aliphatic heterocycles. The zero-order valence-electron chi connectivity index (χ0n) is 10.3. The summed E-state index contributed by atoms with van der Waals surface area (Å²) in [6, 6.07) is 8.14. The van der Waals surface area contributed by atoms with Crippen LogP contribution in [0.4, 0.5) is 0 Å². The van der Waals surface area contributed by atoms with Crippen molar-refractivity contribution in [3.05, 3.63) is 29.8 Å². The van der Waals surface area contributed by atoms with Gasteiger partial charge in [-0.3, -0.25) is 4.79 Å². The summed E-state index contributed by atoms with van der Waals surface area (Å²) in [5.41, 5.74) is 0.814. The average molecular weight is 250 g/mol. The predicted octanol–water partition coefficient (Wildman–Crippen LogP) is 1.84. The molecule has 0 radical (unpaired) electrons. The number of likely N-dealkylation sites (N-methyl/N-ethyl adjacent to an activating group) is 1. The first-order valence-electron chi connectivity index (χ1n) is 5.85. The van der Waals surface area contributed by atoms with Crippen LogP contribution in [0.25, 0.3) is 0 Å². The fraction of sp³-hybridized carbons (Fsp3) is 0.462. The van der Waals surface area contributed by atoms with Crippen molar-refractivity contribution in [2.45, 2.75) is 17.4 Å². The van der Waals surface area contributed by atoms with E-state index in [1.165, 1.54) is 0 Å². The van der Waals surface area contributed by atoms with Crippen molar-refractivity contribution in [1.29, 1.82) is 0 Å². The average Bonchev–Trinajstić information content (AvgIpc) is 2.90. The van der Waals surface area contributed by atoms with Gasteiger partial charge in [0, 0.05) is 24.5 Å². The van der Waals surface area contributed by atoms with Crippen LogP contribution in [0.15, 0.2) is 29.2 Å². The standard InChI is InChI=1S/C13H18N2OS/c1-15(10-7-8-14-9-10)13(16)11-5-3-4-6-12(11)17-2/h3-6,10,14H,7-9H2,1-2H3/t10-/m0/s1. The third-order valence-electron chi connectivity index (χ3n) is 3.24. The van der Waals surface area contributed by atoms with E-state index in [0.29, 0.717) is 6.04 Å². The SMILES string of the molecule is CSc1ccccc1C(=O)N(C)[C@H]1CCNC1. The number of rotatable bonds is 3. The summed E-state index contributed by atoms with van der Waals surface area (Å²) in [5.74, 6) is 0.128. The number of amides is 1. The molecule has 1 aliphatic rings. The van der Waals surface area contributed by atoms with Crippen molar-refractivity contribution < 1.29 is 4.79 Å². The van der Waals surface area contributed by atoms with Gasteiger partial charge in [0.1, 0.15) is 0 Å². The molecule has 92 valence electrons. The minimum Gasteiger partial charge on any atom is -0.337 e. The van der Waals surface area contributed by atoms with Crippen molar-refractivity contribution in [2.24, 2.45) is 0 Å². The van der Waals surface area contributed by atoms with Gasteiger partial charge in [-0.05, 0) is 31.4 Å². The Morgan fingerprint density at radius 2 is 2.24 bits per heavy atom. The molecule has 0 unspecified atom stereocenters. The van der Waals surface area contributed by atoms with E-state index in [0.717, 1.165) is 30.0 Å². The van der Waals surface area contributed by atoms with Gasteiger partial charge in [-0.1, -0.05) is 12.1 Å². The second-order valence-corrected chi connectivity index (χ2v) is 5.11. The van der Waals surface area contributed by atoms with E-state index >= 15 is 0 Å². The molecule has 3 nitrogen and oxygen atoms in total. The number of hydrogen-bond acceptors (Lipinski definition) is 3. The highest BCUT2D eigenvalue weighted by molar-refractivity contribution is 7.98. The molecule has 1 aromatic carbocycles. The Morgan fingerprint density at radius 3 is 2.88 bits per heavy atom. The smallest absolute Gasteiger partial charge is 0.255 e. The Balaban J connectivity index is 2.18. The second kappa shape index (κ2) is 5.56. The lowest BCUT2D eigenvalue weighted by molar-refractivity contribution is 0.0740. The maximum atomic E-state index is 12.4. The van der Waals surface area contributed by atoms with Crippen molar-refractivity contribution in [3.8, 4) is 0 Å². The summed E-state index contributed by atoms with van der Waals surface area (Å²) >= 11 is 1.62. The minimum absolute atomic E-state index is 0.128. The van der Waals surface area contributed by atoms with E-state index in [-0.39, 0.29) is 5.91 Å². The van der Waals surface area contributed by atoms with E-state index in [4.69, 9.17) is 0 Å². The highest BCUT2D eigenvalue weighted by atomic mass is 32.2. The zero-order valence-corrected chi connectivity index (χ0v) is 11.1. The van der Waals surface area contributed by atoms with Crippen molar-refractivity contribution in [2.75, 3.05) is 26.4 Å². The van der Waals surface area contributed by atoms with Crippen LogP contribution in [0.1, 0.15) is 16.8 Å². The second-order valence-electron chi connectivity index (χ2n) is 4.26. The lowest BCUT2D eigenvalue weighted by Gasteiger charge is -2.24. The highest BCUT2D eigenvalue weighted by Gasteiger charge is 2.24. The molecule has 0 saturated carbocycles. The Kier molecular flexibility index (Phi) is 4.07. The molecule has 1 heterocycles. The molecule has 1 amide bonds. The summed E-state index contributed by atoms with van der Waals surface area (Å²) in [4.78, 5) is 15.3. The maximum absolute atomic E-state index is 12.4. The number of carbonyl (C=O) groups is 1. The Labute approximate surface area is 107 Å². The van der Waals surface area contributed by atoms with E-state index < -0.39 is 0 Å². The molecule has 17 heavy (non-hydrogen) atoms.